The standard InChI is InChI=1S/C6H13BrO2S/c1-2-5-10(8,9)6-3-4-7/h2-6H2,1H3. The minimum Gasteiger partial charge on any atom is -0.229 e. The van der Waals surface area contributed by atoms with Crippen molar-refractivity contribution < 1.29 is 8.42 Å². The molecule has 10 heavy (non-hydrogen) atoms. The second kappa shape index (κ2) is 5.13. The lowest BCUT2D eigenvalue weighted by Gasteiger charge is -1.98. The van der Waals surface area contributed by atoms with Crippen LogP contribution in [0.5, 0.6) is 0 Å². The molecule has 0 unspecified atom stereocenters. The Morgan fingerprint density at radius 1 is 1.30 bits per heavy atom. The third kappa shape index (κ3) is 5.23. The van der Waals surface area contributed by atoms with Crippen LogP contribution in [-0.4, -0.2) is 25.3 Å². The fourth-order valence-corrected chi connectivity index (χ4v) is 2.75. The van der Waals surface area contributed by atoms with E-state index in [0.717, 1.165) is 18.2 Å². The lowest BCUT2D eigenvalue weighted by molar-refractivity contribution is 0.593. The van der Waals surface area contributed by atoms with E-state index in [4.69, 9.17) is 0 Å². The Labute approximate surface area is 71.1 Å². The van der Waals surface area contributed by atoms with Crippen molar-refractivity contribution >= 4 is 25.8 Å². The number of hydrogen-bond acceptors (Lipinski definition) is 2. The van der Waals surface area contributed by atoms with Gasteiger partial charge in [0.25, 0.3) is 0 Å². The maximum atomic E-state index is 11.0. The molecule has 0 N–H and O–H groups in total. The summed E-state index contributed by atoms with van der Waals surface area (Å²) >= 11 is 3.19. The van der Waals surface area contributed by atoms with E-state index in [0.29, 0.717) is 11.5 Å². The highest BCUT2D eigenvalue weighted by Crippen LogP contribution is 1.98. The van der Waals surface area contributed by atoms with Gasteiger partial charge in [-0.3, -0.25) is 0 Å². The third-order valence-electron chi connectivity index (χ3n) is 1.10. The van der Waals surface area contributed by atoms with Crippen LogP contribution < -0.4 is 0 Å². The molecule has 4 heteroatoms. The second-order valence-electron chi connectivity index (χ2n) is 2.19. The Balaban J connectivity index is 3.65. The monoisotopic (exact) mass is 228 g/mol. The third-order valence-corrected chi connectivity index (χ3v) is 3.61. The number of alkyl halides is 1. The molecule has 0 aliphatic carbocycles. The molecule has 0 fully saturated rings. The van der Waals surface area contributed by atoms with Crippen LogP contribution in [0.4, 0.5) is 0 Å². The normalized spacial score (nSPS) is 11.8. The lowest BCUT2D eigenvalue weighted by Crippen LogP contribution is -2.10. The minimum atomic E-state index is -2.72. The van der Waals surface area contributed by atoms with Gasteiger partial charge in [0.05, 0.1) is 5.75 Å². The van der Waals surface area contributed by atoms with E-state index in [9.17, 15) is 8.42 Å². The molecule has 0 radical (unpaired) electrons. The van der Waals surface area contributed by atoms with Gasteiger partial charge in [-0.05, 0) is 12.8 Å². The van der Waals surface area contributed by atoms with Gasteiger partial charge in [-0.2, -0.15) is 0 Å². The van der Waals surface area contributed by atoms with Gasteiger partial charge in [-0.25, -0.2) is 8.42 Å². The molecule has 0 aliphatic heterocycles. The SMILES string of the molecule is CCCS(=O)(=O)CCCBr. The lowest BCUT2D eigenvalue weighted by atomic mass is 10.6. The summed E-state index contributed by atoms with van der Waals surface area (Å²) in [6.45, 7) is 1.88. The largest absolute Gasteiger partial charge is 0.229 e. The van der Waals surface area contributed by atoms with Crippen molar-refractivity contribution in [3.05, 3.63) is 0 Å². The summed E-state index contributed by atoms with van der Waals surface area (Å²) in [5.41, 5.74) is 0. The molecule has 0 aromatic rings. The summed E-state index contributed by atoms with van der Waals surface area (Å²) < 4.78 is 21.9. The number of rotatable bonds is 5. The van der Waals surface area contributed by atoms with Crippen LogP contribution in [0.25, 0.3) is 0 Å². The molecule has 0 heterocycles. The quantitative estimate of drug-likeness (QED) is 0.671. The van der Waals surface area contributed by atoms with Crippen molar-refractivity contribution in [3.8, 4) is 0 Å². The van der Waals surface area contributed by atoms with Gasteiger partial charge >= 0.3 is 0 Å². The first-order valence-electron chi connectivity index (χ1n) is 3.39. The summed E-state index contributed by atoms with van der Waals surface area (Å²) in [7, 11) is -2.72. The minimum absolute atomic E-state index is 0.325. The number of hydrogen-bond donors (Lipinski definition) is 0. The average molecular weight is 229 g/mol. The van der Waals surface area contributed by atoms with Crippen molar-refractivity contribution in [1.29, 1.82) is 0 Å². The number of sulfone groups is 1. The highest BCUT2D eigenvalue weighted by Gasteiger charge is 2.06. The van der Waals surface area contributed by atoms with Crippen molar-refractivity contribution in [2.75, 3.05) is 16.8 Å². The van der Waals surface area contributed by atoms with E-state index in [1.54, 1.807) is 0 Å². The molecule has 0 saturated carbocycles. The molecule has 62 valence electrons. The van der Waals surface area contributed by atoms with E-state index in [1.807, 2.05) is 6.92 Å². The van der Waals surface area contributed by atoms with Crippen molar-refractivity contribution in [3.63, 3.8) is 0 Å². The Bertz CT molecular complexity index is 163. The molecule has 0 bridgehead atoms. The van der Waals surface area contributed by atoms with Crippen LogP contribution in [0.2, 0.25) is 0 Å². The van der Waals surface area contributed by atoms with E-state index in [1.165, 1.54) is 0 Å². The van der Waals surface area contributed by atoms with Crippen LogP contribution in [0, 0.1) is 0 Å². The smallest absolute Gasteiger partial charge is 0.150 e. The van der Waals surface area contributed by atoms with Gasteiger partial charge in [0, 0.05) is 11.1 Å². The first-order chi connectivity index (χ1) is 4.62. The van der Waals surface area contributed by atoms with Crippen LogP contribution in [0.1, 0.15) is 19.8 Å². The maximum Gasteiger partial charge on any atom is 0.150 e. The highest BCUT2D eigenvalue weighted by molar-refractivity contribution is 9.09. The Hall–Kier alpha value is 0.430. The fraction of sp³-hybridized carbons (Fsp3) is 1.00. The molecule has 0 aliphatic rings. The molecule has 0 amide bonds. The predicted octanol–water partition coefficient (Wildman–Crippen LogP) is 1.60. The highest BCUT2D eigenvalue weighted by atomic mass is 79.9. The second-order valence-corrected chi connectivity index (χ2v) is 5.29. The number of halogens is 1. The van der Waals surface area contributed by atoms with Crippen molar-refractivity contribution in [2.45, 2.75) is 19.8 Å². The zero-order valence-electron chi connectivity index (χ0n) is 6.14. The Morgan fingerprint density at radius 2 is 1.90 bits per heavy atom. The topological polar surface area (TPSA) is 34.1 Å². The van der Waals surface area contributed by atoms with Gasteiger partial charge in [-0.15, -0.1) is 0 Å². The van der Waals surface area contributed by atoms with Crippen molar-refractivity contribution in [2.24, 2.45) is 0 Å². The Morgan fingerprint density at radius 3 is 2.30 bits per heavy atom. The van der Waals surface area contributed by atoms with Crippen molar-refractivity contribution in [1.82, 2.24) is 0 Å². The maximum absolute atomic E-state index is 11.0. The van der Waals surface area contributed by atoms with E-state index in [-0.39, 0.29) is 0 Å². The summed E-state index contributed by atoms with van der Waals surface area (Å²) in [5.74, 6) is 0.659. The van der Waals surface area contributed by atoms with E-state index < -0.39 is 9.84 Å². The first kappa shape index (κ1) is 10.4. The summed E-state index contributed by atoms with van der Waals surface area (Å²) in [5, 5.41) is 0.774. The van der Waals surface area contributed by atoms with Crippen LogP contribution in [0.3, 0.4) is 0 Å². The molecule has 0 aromatic carbocycles. The van der Waals surface area contributed by atoms with Crippen LogP contribution in [0.15, 0.2) is 0 Å². The molecule has 0 rings (SSSR count). The Kier molecular flexibility index (Phi) is 5.35. The average Bonchev–Trinajstić information content (AvgIpc) is 1.84. The fourth-order valence-electron chi connectivity index (χ4n) is 0.688. The van der Waals surface area contributed by atoms with Gasteiger partial charge < -0.3 is 0 Å². The van der Waals surface area contributed by atoms with E-state index >= 15 is 0 Å². The van der Waals surface area contributed by atoms with Crippen LogP contribution in [-0.2, 0) is 9.84 Å². The molecular weight excluding hydrogens is 216 g/mol. The summed E-state index contributed by atoms with van der Waals surface area (Å²) in [6, 6.07) is 0. The zero-order chi connectivity index (χ0) is 8.04. The predicted molar refractivity (Wildman–Crippen MR) is 47.4 cm³/mol. The molecule has 0 aromatic heterocycles. The molecule has 2 nitrogen and oxygen atoms in total. The zero-order valence-corrected chi connectivity index (χ0v) is 8.54. The molecular formula is C6H13BrO2S. The first-order valence-corrected chi connectivity index (χ1v) is 6.33. The van der Waals surface area contributed by atoms with E-state index in [2.05, 4.69) is 15.9 Å². The van der Waals surface area contributed by atoms with Gasteiger partial charge in [0.1, 0.15) is 9.84 Å². The van der Waals surface area contributed by atoms with Gasteiger partial charge in [0.15, 0.2) is 0 Å². The van der Waals surface area contributed by atoms with Gasteiger partial charge in [0.2, 0.25) is 0 Å². The van der Waals surface area contributed by atoms with Crippen LogP contribution >= 0.6 is 15.9 Å². The molecule has 0 saturated heterocycles. The molecule has 0 atom stereocenters. The molecule has 0 spiro atoms. The van der Waals surface area contributed by atoms with Gasteiger partial charge in [-0.1, -0.05) is 22.9 Å². The summed E-state index contributed by atoms with van der Waals surface area (Å²) in [6.07, 6.45) is 1.45. The summed E-state index contributed by atoms with van der Waals surface area (Å²) in [4.78, 5) is 0.